The van der Waals surface area contributed by atoms with E-state index in [0.29, 0.717) is 14.5 Å². The van der Waals surface area contributed by atoms with E-state index >= 15 is 0 Å². The molecule has 0 spiro atoms. The van der Waals surface area contributed by atoms with E-state index in [1.165, 1.54) is 30.5 Å². The second-order valence-corrected chi connectivity index (χ2v) is 6.07. The number of hydrazone groups is 1. The summed E-state index contributed by atoms with van der Waals surface area (Å²) < 4.78 is 1.16. The van der Waals surface area contributed by atoms with Gasteiger partial charge in [0.1, 0.15) is 11.3 Å². The van der Waals surface area contributed by atoms with Gasteiger partial charge in [-0.15, -0.1) is 0 Å². The molecular weight excluding hydrogens is 434 g/mol. The lowest BCUT2D eigenvalue weighted by molar-refractivity contribution is -0.385. The van der Waals surface area contributed by atoms with Gasteiger partial charge < -0.3 is 5.11 Å². The van der Waals surface area contributed by atoms with Gasteiger partial charge in [-0.3, -0.25) is 14.9 Å². The van der Waals surface area contributed by atoms with Crippen LogP contribution in [-0.2, 0) is 0 Å². The zero-order valence-electron chi connectivity index (χ0n) is 11.4. The van der Waals surface area contributed by atoms with Crippen molar-refractivity contribution in [1.29, 1.82) is 0 Å². The van der Waals surface area contributed by atoms with Crippen LogP contribution in [0.25, 0.3) is 0 Å². The molecular formula is C14H9Br2N3O4. The standard InChI is InChI=1S/C14H9Br2N3O4/c15-9-5-8(13(20)11(16)6-9)7-17-18-14(21)10-3-1-2-4-12(10)19(22)23/h1-7,20H,(H,18,21)/b17-7+. The van der Waals surface area contributed by atoms with Crippen LogP contribution in [0.1, 0.15) is 15.9 Å². The quantitative estimate of drug-likeness (QED) is 0.428. The highest BCUT2D eigenvalue weighted by molar-refractivity contribution is 9.11. The molecule has 2 aromatic rings. The second-order valence-electron chi connectivity index (χ2n) is 4.30. The smallest absolute Gasteiger partial charge is 0.282 e. The Hall–Kier alpha value is -2.26. The molecule has 0 atom stereocenters. The van der Waals surface area contributed by atoms with Crippen LogP contribution in [0.4, 0.5) is 5.69 Å². The molecule has 7 nitrogen and oxygen atoms in total. The number of benzene rings is 2. The summed E-state index contributed by atoms with van der Waals surface area (Å²) in [6, 6.07) is 8.80. The minimum atomic E-state index is -0.720. The van der Waals surface area contributed by atoms with E-state index < -0.39 is 10.8 Å². The average Bonchev–Trinajstić information content (AvgIpc) is 2.51. The Morgan fingerprint density at radius 2 is 2.00 bits per heavy atom. The van der Waals surface area contributed by atoms with Crippen LogP contribution in [0.3, 0.4) is 0 Å². The highest BCUT2D eigenvalue weighted by atomic mass is 79.9. The Bertz CT molecular complexity index is 809. The number of nitro benzene ring substituents is 1. The Balaban J connectivity index is 2.19. The molecule has 23 heavy (non-hydrogen) atoms. The van der Waals surface area contributed by atoms with E-state index in [1.807, 2.05) is 0 Å². The minimum absolute atomic E-state index is 0.0445. The first-order chi connectivity index (χ1) is 10.9. The molecule has 1 amide bonds. The van der Waals surface area contributed by atoms with Crippen LogP contribution < -0.4 is 5.43 Å². The Morgan fingerprint density at radius 3 is 2.70 bits per heavy atom. The number of para-hydroxylation sites is 1. The van der Waals surface area contributed by atoms with Crippen molar-refractivity contribution in [3.8, 4) is 5.75 Å². The zero-order valence-corrected chi connectivity index (χ0v) is 14.5. The lowest BCUT2D eigenvalue weighted by Crippen LogP contribution is -2.18. The summed E-state index contributed by atoms with van der Waals surface area (Å²) in [7, 11) is 0. The molecule has 2 N–H and O–H groups in total. The molecule has 2 rings (SSSR count). The molecule has 118 valence electrons. The van der Waals surface area contributed by atoms with Gasteiger partial charge in [0.25, 0.3) is 11.6 Å². The third-order valence-electron chi connectivity index (χ3n) is 2.77. The predicted molar refractivity (Wildman–Crippen MR) is 91.7 cm³/mol. The topological polar surface area (TPSA) is 105 Å². The SMILES string of the molecule is O=C(N/N=C/c1cc(Br)cc(Br)c1O)c1ccccc1[N+](=O)[O-]. The highest BCUT2D eigenvalue weighted by Crippen LogP contribution is 2.30. The van der Waals surface area contributed by atoms with Crippen LogP contribution in [0.15, 0.2) is 50.4 Å². The predicted octanol–water partition coefficient (Wildman–Crippen LogP) is 3.59. The number of rotatable bonds is 4. The minimum Gasteiger partial charge on any atom is -0.506 e. The summed E-state index contributed by atoms with van der Waals surface area (Å²) in [5.74, 6) is -0.765. The first-order valence-electron chi connectivity index (χ1n) is 6.15. The highest BCUT2D eigenvalue weighted by Gasteiger charge is 2.18. The third-order valence-corrected chi connectivity index (χ3v) is 3.84. The Morgan fingerprint density at radius 1 is 1.30 bits per heavy atom. The van der Waals surface area contributed by atoms with Crippen LogP contribution in [0.2, 0.25) is 0 Å². The monoisotopic (exact) mass is 441 g/mol. The van der Waals surface area contributed by atoms with Crippen molar-refractivity contribution in [3.05, 3.63) is 66.6 Å². The molecule has 9 heteroatoms. The van der Waals surface area contributed by atoms with Crippen LogP contribution >= 0.6 is 31.9 Å². The van der Waals surface area contributed by atoms with Gasteiger partial charge in [0.15, 0.2) is 0 Å². The van der Waals surface area contributed by atoms with E-state index in [9.17, 15) is 20.0 Å². The largest absolute Gasteiger partial charge is 0.506 e. The van der Waals surface area contributed by atoms with E-state index in [2.05, 4.69) is 42.4 Å². The number of phenolic OH excluding ortho intramolecular Hbond substituents is 1. The van der Waals surface area contributed by atoms with Gasteiger partial charge in [0.2, 0.25) is 0 Å². The first-order valence-corrected chi connectivity index (χ1v) is 7.73. The number of nitrogens with zero attached hydrogens (tertiary/aromatic N) is 2. The van der Waals surface area contributed by atoms with E-state index in [1.54, 1.807) is 12.1 Å². The number of phenols is 1. The maximum Gasteiger partial charge on any atom is 0.282 e. The van der Waals surface area contributed by atoms with Gasteiger partial charge in [-0.1, -0.05) is 28.1 Å². The van der Waals surface area contributed by atoms with Crippen molar-refractivity contribution in [1.82, 2.24) is 5.43 Å². The number of aromatic hydroxyl groups is 1. The molecule has 0 aliphatic heterocycles. The second kappa shape index (κ2) is 7.34. The average molecular weight is 443 g/mol. The molecule has 0 fully saturated rings. The normalized spacial score (nSPS) is 10.7. The molecule has 2 aromatic carbocycles. The van der Waals surface area contributed by atoms with Gasteiger partial charge in [-0.05, 0) is 34.1 Å². The van der Waals surface area contributed by atoms with Crippen LogP contribution in [-0.4, -0.2) is 22.2 Å². The lowest BCUT2D eigenvalue weighted by atomic mass is 10.2. The maximum absolute atomic E-state index is 12.0. The molecule has 0 unspecified atom stereocenters. The van der Waals surface area contributed by atoms with Gasteiger partial charge in [-0.2, -0.15) is 5.10 Å². The molecule has 0 heterocycles. The van der Waals surface area contributed by atoms with Crippen molar-refractivity contribution in [2.75, 3.05) is 0 Å². The molecule has 0 aliphatic rings. The lowest BCUT2D eigenvalue weighted by Gasteiger charge is -2.03. The van der Waals surface area contributed by atoms with Crippen LogP contribution in [0.5, 0.6) is 5.75 Å². The zero-order chi connectivity index (χ0) is 17.0. The fourth-order valence-electron chi connectivity index (χ4n) is 1.73. The number of carbonyl (C=O) groups excluding carboxylic acids is 1. The van der Waals surface area contributed by atoms with Crippen molar-refractivity contribution < 1.29 is 14.8 Å². The van der Waals surface area contributed by atoms with E-state index in [-0.39, 0.29) is 17.0 Å². The van der Waals surface area contributed by atoms with Crippen molar-refractivity contribution in [3.63, 3.8) is 0 Å². The fourth-order valence-corrected chi connectivity index (χ4v) is 2.99. The number of amides is 1. The molecule has 0 bridgehead atoms. The molecule has 0 saturated heterocycles. The summed E-state index contributed by atoms with van der Waals surface area (Å²) in [5, 5.41) is 24.5. The van der Waals surface area contributed by atoms with Gasteiger partial charge in [0, 0.05) is 16.1 Å². The number of carbonyl (C=O) groups is 1. The van der Waals surface area contributed by atoms with Gasteiger partial charge in [0.05, 0.1) is 15.6 Å². The number of hydrogen-bond donors (Lipinski definition) is 2. The Labute approximate surface area is 147 Å². The number of nitrogens with one attached hydrogen (secondary N) is 1. The van der Waals surface area contributed by atoms with E-state index in [0.717, 1.165) is 0 Å². The maximum atomic E-state index is 12.0. The summed E-state index contributed by atoms with van der Waals surface area (Å²) in [6.45, 7) is 0. The van der Waals surface area contributed by atoms with Crippen LogP contribution in [0, 0.1) is 10.1 Å². The molecule has 0 aromatic heterocycles. The van der Waals surface area contributed by atoms with Crippen molar-refractivity contribution in [2.24, 2.45) is 5.10 Å². The summed E-state index contributed by atoms with van der Waals surface area (Å²) in [4.78, 5) is 22.2. The van der Waals surface area contributed by atoms with E-state index in [4.69, 9.17) is 0 Å². The summed E-state index contributed by atoms with van der Waals surface area (Å²) in [5.41, 5.74) is 2.13. The van der Waals surface area contributed by atoms with Gasteiger partial charge in [-0.25, -0.2) is 5.43 Å². The summed E-state index contributed by atoms with van der Waals surface area (Å²) >= 11 is 6.44. The van der Waals surface area contributed by atoms with Crippen molar-refractivity contribution >= 4 is 49.7 Å². The van der Waals surface area contributed by atoms with Crippen molar-refractivity contribution in [2.45, 2.75) is 0 Å². The number of halogens is 2. The third kappa shape index (κ3) is 4.14. The summed E-state index contributed by atoms with van der Waals surface area (Å²) in [6.07, 6.45) is 1.23. The number of nitro groups is 1. The number of hydrogen-bond acceptors (Lipinski definition) is 5. The first kappa shape index (κ1) is 17.1. The Kier molecular flexibility index (Phi) is 5.45. The molecule has 0 aliphatic carbocycles. The molecule has 0 radical (unpaired) electrons. The fraction of sp³-hybridized carbons (Fsp3) is 0. The molecule has 0 saturated carbocycles. The van der Waals surface area contributed by atoms with Gasteiger partial charge >= 0.3 is 0 Å².